The molecule has 2 aromatic heterocycles. The molecule has 1 N–H and O–H groups in total. The minimum atomic E-state index is -0.197. The van der Waals surface area contributed by atoms with Crippen molar-refractivity contribution >= 4 is 11.6 Å². The molecule has 1 amide bonds. The number of nitrogens with one attached hydrogen (secondary N) is 1. The second kappa shape index (κ2) is 5.00. The molecule has 3 rings (SSSR count). The molecule has 2 heterocycles. The topological polar surface area (TPSA) is 73.0 Å². The molecule has 0 aliphatic heterocycles. The lowest BCUT2D eigenvalue weighted by molar-refractivity contribution is 0.102. The van der Waals surface area contributed by atoms with E-state index in [-0.39, 0.29) is 5.91 Å². The Balaban J connectivity index is 1.83. The van der Waals surface area contributed by atoms with Crippen LogP contribution in [0.3, 0.4) is 0 Å². The summed E-state index contributed by atoms with van der Waals surface area (Å²) in [6, 6.07) is 9.07. The lowest BCUT2D eigenvalue weighted by Crippen LogP contribution is -2.12. The lowest BCUT2D eigenvalue weighted by Gasteiger charge is -2.07. The van der Waals surface area contributed by atoms with Gasteiger partial charge in [0.15, 0.2) is 0 Å². The number of carbonyl (C=O) groups is 1. The van der Waals surface area contributed by atoms with Gasteiger partial charge < -0.3 is 9.73 Å². The quantitative estimate of drug-likeness (QED) is 0.791. The number of aryl methyl sites for hydroxylation is 1. The van der Waals surface area contributed by atoms with Gasteiger partial charge in [0.05, 0.1) is 17.5 Å². The lowest BCUT2D eigenvalue weighted by atomic mass is 10.2. The second-order valence-corrected chi connectivity index (χ2v) is 4.26. The maximum Gasteiger partial charge on any atom is 0.259 e. The first kappa shape index (κ1) is 12.2. The first-order valence-electron chi connectivity index (χ1n) is 6.04. The first-order valence-corrected chi connectivity index (χ1v) is 6.04. The zero-order valence-electron chi connectivity index (χ0n) is 10.8. The molecule has 20 heavy (non-hydrogen) atoms. The number of aromatic nitrogens is 3. The highest BCUT2D eigenvalue weighted by atomic mass is 16.3. The van der Waals surface area contributed by atoms with E-state index in [4.69, 9.17) is 4.42 Å². The largest absolute Gasteiger partial charge is 0.469 e. The molecule has 3 aromatic rings. The molecule has 6 nitrogen and oxygen atoms in total. The van der Waals surface area contributed by atoms with Crippen molar-refractivity contribution in [2.24, 2.45) is 0 Å². The summed E-state index contributed by atoms with van der Waals surface area (Å²) >= 11 is 0. The van der Waals surface area contributed by atoms with Crippen molar-refractivity contribution < 1.29 is 9.21 Å². The van der Waals surface area contributed by atoms with Crippen molar-refractivity contribution in [2.75, 3.05) is 5.32 Å². The Kier molecular flexibility index (Phi) is 3.04. The number of rotatable bonds is 3. The molecule has 0 saturated carbocycles. The van der Waals surface area contributed by atoms with Crippen LogP contribution in [-0.2, 0) is 0 Å². The van der Waals surface area contributed by atoms with Gasteiger partial charge in [0.1, 0.15) is 18.4 Å². The van der Waals surface area contributed by atoms with Gasteiger partial charge in [-0.3, -0.25) is 9.36 Å². The van der Waals surface area contributed by atoms with E-state index in [0.29, 0.717) is 17.0 Å². The van der Waals surface area contributed by atoms with Crippen LogP contribution in [0, 0.1) is 6.92 Å². The monoisotopic (exact) mass is 268 g/mol. The highest BCUT2D eigenvalue weighted by Crippen LogP contribution is 2.16. The molecule has 0 fully saturated rings. The van der Waals surface area contributed by atoms with E-state index in [1.807, 2.05) is 24.3 Å². The van der Waals surface area contributed by atoms with E-state index < -0.39 is 0 Å². The average Bonchev–Trinajstić information content (AvgIpc) is 3.09. The summed E-state index contributed by atoms with van der Waals surface area (Å²) in [4.78, 5) is 12.1. The summed E-state index contributed by atoms with van der Waals surface area (Å²) in [5, 5.41) is 10.3. The van der Waals surface area contributed by atoms with Gasteiger partial charge in [-0.2, -0.15) is 0 Å². The van der Waals surface area contributed by atoms with Crippen molar-refractivity contribution in [3.63, 3.8) is 0 Å². The fraction of sp³-hybridized carbons (Fsp3) is 0.0714. The summed E-state index contributed by atoms with van der Waals surface area (Å²) < 4.78 is 6.89. The number of anilines is 1. The zero-order chi connectivity index (χ0) is 13.9. The smallest absolute Gasteiger partial charge is 0.259 e. The molecular weight excluding hydrogens is 256 g/mol. The number of hydrogen-bond acceptors (Lipinski definition) is 4. The highest BCUT2D eigenvalue weighted by molar-refractivity contribution is 6.05. The Labute approximate surface area is 115 Å². The third-order valence-electron chi connectivity index (χ3n) is 2.92. The summed E-state index contributed by atoms with van der Waals surface area (Å²) in [7, 11) is 0. The van der Waals surface area contributed by atoms with Gasteiger partial charge in [-0.05, 0) is 31.2 Å². The van der Waals surface area contributed by atoms with E-state index in [1.54, 1.807) is 30.2 Å². The van der Waals surface area contributed by atoms with Gasteiger partial charge in [-0.25, -0.2) is 0 Å². The maximum atomic E-state index is 12.1. The van der Waals surface area contributed by atoms with Crippen molar-refractivity contribution in [3.8, 4) is 5.69 Å². The Morgan fingerprint density at radius 2 is 2.05 bits per heavy atom. The normalized spacial score (nSPS) is 10.4. The highest BCUT2D eigenvalue weighted by Gasteiger charge is 2.11. The van der Waals surface area contributed by atoms with Crippen molar-refractivity contribution in [2.45, 2.75) is 6.92 Å². The molecule has 6 heteroatoms. The van der Waals surface area contributed by atoms with Crippen molar-refractivity contribution in [3.05, 3.63) is 60.6 Å². The fourth-order valence-electron chi connectivity index (χ4n) is 1.90. The molecule has 100 valence electrons. The molecule has 0 saturated heterocycles. The third kappa shape index (κ3) is 2.31. The number of benzene rings is 1. The van der Waals surface area contributed by atoms with Crippen LogP contribution in [0.1, 0.15) is 16.1 Å². The van der Waals surface area contributed by atoms with Crippen LogP contribution >= 0.6 is 0 Å². The third-order valence-corrected chi connectivity index (χ3v) is 2.92. The first-order chi connectivity index (χ1) is 9.74. The molecule has 0 aliphatic rings. The van der Waals surface area contributed by atoms with E-state index in [1.165, 1.54) is 6.26 Å². The minimum absolute atomic E-state index is 0.197. The van der Waals surface area contributed by atoms with Gasteiger partial charge in [0, 0.05) is 5.69 Å². The van der Waals surface area contributed by atoms with Crippen LogP contribution in [-0.4, -0.2) is 20.7 Å². The Bertz CT molecular complexity index is 731. The van der Waals surface area contributed by atoms with Crippen LogP contribution in [0.15, 0.2) is 53.7 Å². The van der Waals surface area contributed by atoms with Gasteiger partial charge in [-0.1, -0.05) is 6.07 Å². The Hall–Kier alpha value is -2.89. The molecule has 1 aromatic carbocycles. The molecule has 0 aliphatic carbocycles. The van der Waals surface area contributed by atoms with Crippen molar-refractivity contribution in [1.29, 1.82) is 0 Å². The number of carbonyl (C=O) groups excluding carboxylic acids is 1. The van der Waals surface area contributed by atoms with E-state index >= 15 is 0 Å². The van der Waals surface area contributed by atoms with Crippen LogP contribution in [0.2, 0.25) is 0 Å². The van der Waals surface area contributed by atoms with E-state index in [2.05, 4.69) is 15.5 Å². The summed E-state index contributed by atoms with van der Waals surface area (Å²) in [5.41, 5.74) is 2.10. The number of hydrogen-bond donors (Lipinski definition) is 1. The minimum Gasteiger partial charge on any atom is -0.469 e. The Morgan fingerprint density at radius 1 is 1.25 bits per heavy atom. The summed E-state index contributed by atoms with van der Waals surface area (Å²) in [6.07, 6.45) is 4.69. The van der Waals surface area contributed by atoms with Gasteiger partial charge in [0.2, 0.25) is 0 Å². The number of furan rings is 1. The molecule has 0 unspecified atom stereocenters. The van der Waals surface area contributed by atoms with Gasteiger partial charge in [-0.15, -0.1) is 10.2 Å². The van der Waals surface area contributed by atoms with Crippen LogP contribution in [0.4, 0.5) is 5.69 Å². The zero-order valence-corrected chi connectivity index (χ0v) is 10.8. The second-order valence-electron chi connectivity index (χ2n) is 4.26. The van der Waals surface area contributed by atoms with Gasteiger partial charge >= 0.3 is 0 Å². The molecular formula is C14H12N4O2. The maximum absolute atomic E-state index is 12.1. The van der Waals surface area contributed by atoms with Crippen molar-refractivity contribution in [1.82, 2.24) is 14.8 Å². The molecule has 0 atom stereocenters. The predicted octanol–water partition coefficient (Wildman–Crippen LogP) is 2.42. The summed E-state index contributed by atoms with van der Waals surface area (Å²) in [6.45, 7) is 1.75. The van der Waals surface area contributed by atoms with E-state index in [0.717, 1.165) is 5.69 Å². The number of nitrogens with zero attached hydrogens (tertiary/aromatic N) is 3. The standard InChI is InChI=1S/C14H12N4O2/c1-10-13(5-6-20-10)14(19)17-11-3-2-4-12(7-11)18-8-15-16-9-18/h2-9H,1H3,(H,17,19). The van der Waals surface area contributed by atoms with Crippen LogP contribution in [0.5, 0.6) is 0 Å². The fourth-order valence-corrected chi connectivity index (χ4v) is 1.90. The Morgan fingerprint density at radius 3 is 2.75 bits per heavy atom. The molecule has 0 radical (unpaired) electrons. The van der Waals surface area contributed by atoms with Crippen LogP contribution < -0.4 is 5.32 Å². The van der Waals surface area contributed by atoms with Crippen LogP contribution in [0.25, 0.3) is 5.69 Å². The average molecular weight is 268 g/mol. The predicted molar refractivity (Wildman–Crippen MR) is 72.8 cm³/mol. The van der Waals surface area contributed by atoms with E-state index in [9.17, 15) is 4.79 Å². The number of amides is 1. The molecule has 0 bridgehead atoms. The SMILES string of the molecule is Cc1occc1C(=O)Nc1cccc(-n2cnnc2)c1. The molecule has 0 spiro atoms. The van der Waals surface area contributed by atoms with Gasteiger partial charge in [0.25, 0.3) is 5.91 Å². The summed E-state index contributed by atoms with van der Waals surface area (Å²) in [5.74, 6) is 0.398.